The third-order valence-electron chi connectivity index (χ3n) is 21.3. The van der Waals surface area contributed by atoms with E-state index in [1.54, 1.807) is 63.7 Å². The van der Waals surface area contributed by atoms with Crippen molar-refractivity contribution < 1.29 is 75.4 Å². The standard InChI is InChI=1S/C74H89N11O16S3/c1-43(2)62(79-60(87)33-83-49(35-99-26-27-104(96,97)98)29-55(66(83)91)85-61(88)30-58(102-8)67(85)92)65(90)76-44(3)56(86)28-46-16-18-47(19-17-46)34-100-70(95)81(7)24-25-101-74-39-71(5)36-72(6,40-74)38-73(37-71,41-74)42-84-45(4)52(31-75-84)50-20-21-59(78-63(50)68(93)94)82-23-22-48-12-11-13-51(53(48)32-82)64(89)80-69-77-54-14-9-10-15-57(54)103-69/h9-21,31,43-44,49,55,58,62H,22-30,32-42H2,1-8H3,(H,76,90)(H,79,87)(H,93,94)(H,77,80,89)(H,96,97,98)/t44-,49-,55-,58?,62-,71?,72?,73?,74?/m0/s1. The number of Topliss-reactive ketones (excluding diaryl/α,β-unsaturated/α-hetero) is 1. The molecule has 4 aliphatic carbocycles. The van der Waals surface area contributed by atoms with E-state index in [1.807, 2.05) is 65.0 Å². The summed E-state index contributed by atoms with van der Waals surface area (Å²) in [4.78, 5) is 136. The van der Waals surface area contributed by atoms with Crippen LogP contribution in [0.5, 0.6) is 0 Å². The first-order valence-corrected chi connectivity index (χ1v) is 38.8. The third-order valence-corrected chi connectivity index (χ3v) is 23.9. The number of amides is 7. The molecule has 2 saturated heterocycles. The predicted molar refractivity (Wildman–Crippen MR) is 388 cm³/mol. The van der Waals surface area contributed by atoms with Crippen LogP contribution >= 0.6 is 23.1 Å². The van der Waals surface area contributed by atoms with Crippen molar-refractivity contribution in [1.29, 1.82) is 0 Å². The number of pyridine rings is 1. The lowest BCUT2D eigenvalue weighted by molar-refractivity contribution is -0.248. The number of likely N-dealkylation sites (tertiary alicyclic amines) is 2. The quantitative estimate of drug-likeness (QED) is 0.0169. The number of rotatable bonds is 29. The number of nitrogens with one attached hydrogen (secondary N) is 3. The molecule has 4 bridgehead atoms. The lowest BCUT2D eigenvalue weighted by atomic mass is 9.39. The van der Waals surface area contributed by atoms with Crippen molar-refractivity contribution in [3.05, 3.63) is 124 Å². The molecule has 6 aromatic rings. The van der Waals surface area contributed by atoms with E-state index in [-0.39, 0.29) is 72.7 Å². The van der Waals surface area contributed by atoms with Crippen LogP contribution in [-0.4, -0.2) is 199 Å². The highest BCUT2D eigenvalue weighted by Crippen LogP contribution is 2.72. The van der Waals surface area contributed by atoms with Gasteiger partial charge in [-0.3, -0.25) is 53.0 Å². The summed E-state index contributed by atoms with van der Waals surface area (Å²) < 4.78 is 53.0. The van der Waals surface area contributed by atoms with Crippen LogP contribution in [0.3, 0.4) is 0 Å². The van der Waals surface area contributed by atoms with Crippen LogP contribution in [0, 0.1) is 29.1 Å². The molecule has 27 nitrogen and oxygen atoms in total. The van der Waals surface area contributed by atoms with E-state index in [2.05, 4.69) is 34.8 Å². The van der Waals surface area contributed by atoms with E-state index in [1.165, 1.54) is 34.9 Å². The topological polar surface area (TPSA) is 349 Å². The number of hydrogen-bond acceptors (Lipinski definition) is 20. The van der Waals surface area contributed by atoms with Crippen molar-refractivity contribution in [2.45, 2.75) is 160 Å². The lowest BCUT2D eigenvalue weighted by Crippen LogP contribution is -2.64. The van der Waals surface area contributed by atoms with Gasteiger partial charge < -0.3 is 44.7 Å². The molecule has 7 atom stereocenters. The Labute approximate surface area is 611 Å². The summed E-state index contributed by atoms with van der Waals surface area (Å²) in [5, 5.41) is 23.9. The molecule has 0 spiro atoms. The number of aromatic nitrogens is 4. The molecular formula is C74H89N11O16S3. The van der Waals surface area contributed by atoms with Crippen LogP contribution in [0.4, 0.5) is 15.7 Å². The number of ether oxygens (including phenoxy) is 3. The fourth-order valence-corrected chi connectivity index (χ4v) is 19.3. The molecule has 3 aromatic carbocycles. The van der Waals surface area contributed by atoms with Gasteiger partial charge in [0.15, 0.2) is 16.6 Å². The van der Waals surface area contributed by atoms with Gasteiger partial charge in [-0.15, -0.1) is 0 Å². The average Bonchev–Trinajstić information content (AvgIpc) is 1.19. The maximum absolute atomic E-state index is 13.9. The zero-order valence-electron chi connectivity index (χ0n) is 59.6. The number of aromatic carboxylic acids is 1. The Morgan fingerprint density at radius 3 is 2.28 bits per heavy atom. The minimum atomic E-state index is -4.37. The predicted octanol–water partition coefficient (Wildman–Crippen LogP) is 7.90. The number of ketones is 1. The van der Waals surface area contributed by atoms with Gasteiger partial charge in [0.05, 0.1) is 71.5 Å². The van der Waals surface area contributed by atoms with Gasteiger partial charge in [0.1, 0.15) is 24.5 Å². The smallest absolute Gasteiger partial charge is 0.409 e. The largest absolute Gasteiger partial charge is 0.476 e. The molecule has 554 valence electrons. The van der Waals surface area contributed by atoms with Crippen molar-refractivity contribution in [3.63, 3.8) is 0 Å². The maximum Gasteiger partial charge on any atom is 0.409 e. The summed E-state index contributed by atoms with van der Waals surface area (Å²) in [7, 11) is -2.70. The van der Waals surface area contributed by atoms with E-state index in [9.17, 15) is 61.2 Å². The second-order valence-corrected chi connectivity index (χ2v) is 33.8. The van der Waals surface area contributed by atoms with Gasteiger partial charge >= 0.3 is 12.1 Å². The Kier molecular flexibility index (Phi) is 21.7. The second kappa shape index (κ2) is 30.1. The summed E-state index contributed by atoms with van der Waals surface area (Å²) in [6.45, 7) is 12.4. The van der Waals surface area contributed by atoms with Crippen LogP contribution < -0.4 is 20.9 Å². The van der Waals surface area contributed by atoms with Crippen LogP contribution in [0.2, 0.25) is 0 Å². The highest BCUT2D eigenvalue weighted by Gasteiger charge is 2.66. The number of anilines is 2. The van der Waals surface area contributed by atoms with Crippen LogP contribution in [-0.2, 0) is 85.6 Å². The molecule has 13 rings (SSSR count). The summed E-state index contributed by atoms with van der Waals surface area (Å²) in [6, 6.07) is 19.8. The summed E-state index contributed by atoms with van der Waals surface area (Å²) >= 11 is 2.58. The number of thiazole rings is 1. The van der Waals surface area contributed by atoms with Crippen molar-refractivity contribution in [2.75, 3.05) is 68.7 Å². The average molecular weight is 1480 g/mol. The SMILES string of the molecule is CSC1CC(=O)N([C@H]2C[C@@H](COCCS(=O)(=O)O)N(CC(=O)N[C@H](C(=O)N[C@@H](C)C(=O)Cc3ccc(COC(=O)N(C)CCOC45CC6(C)CC(C)(CC(Cn7ncc(-c8ccc(N9CCc%10cccc(C(=O)Nc%11nc%12ccccc%12s%11)c%10C9)nc8C(=O)O)c7C)(C6)C4)C5)cc3)C(C)C)C2=O)C1=O. The van der Waals surface area contributed by atoms with Crippen molar-refractivity contribution in [2.24, 2.45) is 22.2 Å². The number of nitrogens with zero attached hydrogens (tertiary/aromatic N) is 8. The highest BCUT2D eigenvalue weighted by molar-refractivity contribution is 8.00. The van der Waals surface area contributed by atoms with Gasteiger partial charge in [-0.2, -0.15) is 25.3 Å². The number of para-hydroxylation sites is 1. The lowest BCUT2D eigenvalue weighted by Gasteiger charge is -2.69. The van der Waals surface area contributed by atoms with Gasteiger partial charge in [-0.1, -0.05) is 87.6 Å². The third kappa shape index (κ3) is 16.4. The Hall–Kier alpha value is -8.68. The Bertz CT molecular complexity index is 4430. The van der Waals surface area contributed by atoms with Gasteiger partial charge in [0.2, 0.25) is 29.5 Å². The summed E-state index contributed by atoms with van der Waals surface area (Å²) in [5.41, 5.74) is 5.86. The fraction of sp³-hybridized carbons (Fsp3) is 0.514. The molecule has 4 saturated carbocycles. The van der Waals surface area contributed by atoms with E-state index >= 15 is 0 Å². The molecule has 6 fully saturated rings. The number of carboxylic acids is 1. The first-order chi connectivity index (χ1) is 49.3. The molecule has 3 aromatic heterocycles. The molecule has 6 heterocycles. The summed E-state index contributed by atoms with van der Waals surface area (Å²) in [5.74, 6) is -5.67. The molecule has 0 radical (unpaired) electrons. The molecular weight excluding hydrogens is 1400 g/mol. The Morgan fingerprint density at radius 1 is 0.856 bits per heavy atom. The van der Waals surface area contributed by atoms with Gasteiger partial charge in [0.25, 0.3) is 16.0 Å². The van der Waals surface area contributed by atoms with Crippen molar-refractivity contribution in [3.8, 4) is 11.1 Å². The number of carbonyl (C=O) groups is 9. The Balaban J connectivity index is 0.609. The fourth-order valence-electron chi connectivity index (χ4n) is 17.5. The van der Waals surface area contributed by atoms with Crippen molar-refractivity contribution >= 4 is 108 Å². The number of thioether (sulfide) groups is 1. The normalized spacial score (nSPS) is 24.1. The highest BCUT2D eigenvalue weighted by atomic mass is 32.2. The molecule has 3 aliphatic heterocycles. The van der Waals surface area contributed by atoms with Gasteiger partial charge in [-0.25, -0.2) is 19.6 Å². The molecule has 30 heteroatoms. The number of fused-ring (bicyclic) bond motifs is 2. The van der Waals surface area contributed by atoms with Crippen LogP contribution in [0.15, 0.2) is 85.1 Å². The first-order valence-electron chi connectivity index (χ1n) is 35.1. The zero-order chi connectivity index (χ0) is 74.4. The molecule has 3 unspecified atom stereocenters. The second-order valence-electron chi connectivity index (χ2n) is 30.2. The van der Waals surface area contributed by atoms with E-state index in [0.29, 0.717) is 71.4 Å². The molecule has 5 N–H and O–H groups in total. The minimum Gasteiger partial charge on any atom is -0.476 e. The first kappa shape index (κ1) is 75.0. The molecule has 7 aliphatic rings. The number of carboxylic acid groups (broad SMARTS) is 1. The van der Waals surface area contributed by atoms with Crippen molar-refractivity contribution in [1.82, 2.24) is 45.1 Å². The van der Waals surface area contributed by atoms with Crippen LogP contribution in [0.1, 0.15) is 135 Å². The number of carbonyl (C=O) groups excluding carboxylic acids is 8. The van der Waals surface area contributed by atoms with E-state index < -0.39 is 112 Å². The van der Waals surface area contributed by atoms with Crippen LogP contribution in [0.25, 0.3) is 21.3 Å². The number of likely N-dealkylation sites (N-methyl/N-ethyl adjacent to an activating group) is 1. The van der Waals surface area contributed by atoms with Gasteiger partial charge in [-0.05, 0) is 146 Å². The Morgan fingerprint density at radius 2 is 1.59 bits per heavy atom. The molecule has 104 heavy (non-hydrogen) atoms. The number of benzene rings is 3. The zero-order valence-corrected chi connectivity index (χ0v) is 62.1. The minimum absolute atomic E-state index is 0.000420. The summed E-state index contributed by atoms with van der Waals surface area (Å²) in [6.07, 6.45) is 8.90. The monoisotopic (exact) mass is 1480 g/mol. The number of imide groups is 1. The number of hydrogen-bond donors (Lipinski definition) is 5. The maximum atomic E-state index is 13.9. The van der Waals surface area contributed by atoms with E-state index in [0.717, 1.165) is 75.4 Å². The molecule has 7 amide bonds. The van der Waals surface area contributed by atoms with Gasteiger partial charge in [0, 0.05) is 68.5 Å². The van der Waals surface area contributed by atoms with E-state index in [4.69, 9.17) is 24.3 Å².